The SMILES string of the molecule is CCCCCCCCCCCCCCCCCCCCC(=O)OC[C@H](COP(=O)(O)OC[C@@H](O)COP(=O)(O)OC[C@@H](COC(=O)CCCCCCCCCCC(C)C)OC(=O)CCCCCCCCCCCCCCCCC(C)C)OC(=O)CCCCCCCCCCCCCCCCCCCCC(C)CC. The summed E-state index contributed by atoms with van der Waals surface area (Å²) in [5, 5.41) is 10.7. The highest BCUT2D eigenvalue weighted by molar-refractivity contribution is 7.47. The lowest BCUT2D eigenvalue weighted by atomic mass is 9.99. The number of aliphatic hydroxyl groups excluding tert-OH is 1. The van der Waals surface area contributed by atoms with Crippen molar-refractivity contribution in [3.63, 3.8) is 0 Å². The maximum Gasteiger partial charge on any atom is 0.472 e. The van der Waals surface area contributed by atoms with E-state index in [1.165, 1.54) is 283 Å². The van der Waals surface area contributed by atoms with E-state index < -0.39 is 97.5 Å². The van der Waals surface area contributed by atoms with E-state index in [4.69, 9.17) is 37.0 Å². The monoisotopic (exact) mass is 1580 g/mol. The molecule has 0 saturated heterocycles. The van der Waals surface area contributed by atoms with Crippen LogP contribution in [0, 0.1) is 17.8 Å². The first-order chi connectivity index (χ1) is 52.3. The van der Waals surface area contributed by atoms with Gasteiger partial charge in [0.15, 0.2) is 12.2 Å². The fraction of sp³-hybridized carbons (Fsp3) is 0.955. The van der Waals surface area contributed by atoms with Crippen molar-refractivity contribution in [3.8, 4) is 0 Å². The molecule has 0 amide bonds. The molecule has 0 fully saturated rings. The summed E-state index contributed by atoms with van der Waals surface area (Å²) in [4.78, 5) is 73.3. The zero-order chi connectivity index (χ0) is 79.3. The Morgan fingerprint density at radius 3 is 0.704 bits per heavy atom. The van der Waals surface area contributed by atoms with Crippen LogP contribution in [0.4, 0.5) is 0 Å². The standard InChI is InChI=1S/C89H174O17P2/c1-8-10-11-12-13-14-15-16-17-18-22-25-31-36-41-49-56-63-70-86(91)99-76-84(105-88(93)72-65-58-51-42-37-32-26-23-20-19-21-24-30-35-40-48-55-62-69-82(7)9-2)78-103-107(95,96)101-74-83(90)75-102-108(97,98)104-79-85(77-100-87(92)71-64-57-50-45-44-47-54-61-68-81(5)6)106-89(94)73-66-59-52-43-38-33-28-27-29-34-39-46-53-60-67-80(3)4/h80-85,90H,8-79H2,1-7H3,(H,95,96)(H,97,98)/t82?,83-,84-,85-/m1/s1. The molecule has 0 aromatic rings. The second-order valence-corrected chi connectivity index (χ2v) is 36.1. The molecule has 0 bridgehead atoms. The summed E-state index contributed by atoms with van der Waals surface area (Å²) in [6, 6.07) is 0. The lowest BCUT2D eigenvalue weighted by molar-refractivity contribution is -0.161. The maximum absolute atomic E-state index is 13.2. The molecule has 19 heteroatoms. The number of carbonyl (C=O) groups excluding carboxylic acids is 4. The van der Waals surface area contributed by atoms with Gasteiger partial charge in [0.05, 0.1) is 26.4 Å². The molecule has 0 heterocycles. The molecule has 0 aliphatic rings. The van der Waals surface area contributed by atoms with Gasteiger partial charge in [-0.15, -0.1) is 0 Å². The topological polar surface area (TPSA) is 237 Å². The van der Waals surface area contributed by atoms with Crippen molar-refractivity contribution in [2.75, 3.05) is 39.6 Å². The van der Waals surface area contributed by atoms with Crippen LogP contribution < -0.4 is 0 Å². The summed E-state index contributed by atoms with van der Waals surface area (Å²) in [7, 11) is -9.93. The first kappa shape index (κ1) is 106. The number of rotatable bonds is 87. The lowest BCUT2D eigenvalue weighted by Crippen LogP contribution is -2.30. The van der Waals surface area contributed by atoms with Crippen LogP contribution in [0.15, 0.2) is 0 Å². The van der Waals surface area contributed by atoms with Gasteiger partial charge in [-0.1, -0.05) is 421 Å². The van der Waals surface area contributed by atoms with Crippen LogP contribution in [0.3, 0.4) is 0 Å². The molecular weight excluding hydrogens is 1400 g/mol. The second kappa shape index (κ2) is 78.9. The number of aliphatic hydroxyl groups is 1. The smallest absolute Gasteiger partial charge is 0.462 e. The maximum atomic E-state index is 13.2. The summed E-state index contributed by atoms with van der Waals surface area (Å²) >= 11 is 0. The molecule has 642 valence electrons. The predicted octanol–water partition coefficient (Wildman–Crippen LogP) is 27.3. The molecule has 108 heavy (non-hydrogen) atoms. The minimum Gasteiger partial charge on any atom is -0.462 e. The third kappa shape index (κ3) is 80.7. The highest BCUT2D eigenvalue weighted by Gasteiger charge is 2.31. The average Bonchev–Trinajstić information content (AvgIpc) is 0.900. The minimum atomic E-state index is -4.97. The van der Waals surface area contributed by atoms with Crippen molar-refractivity contribution < 1.29 is 80.2 Å². The highest BCUT2D eigenvalue weighted by atomic mass is 31.2. The lowest BCUT2D eigenvalue weighted by Gasteiger charge is -2.21. The fourth-order valence-corrected chi connectivity index (χ4v) is 15.4. The van der Waals surface area contributed by atoms with Gasteiger partial charge >= 0.3 is 39.5 Å². The van der Waals surface area contributed by atoms with Crippen LogP contribution >= 0.6 is 15.6 Å². The Morgan fingerprint density at radius 2 is 0.472 bits per heavy atom. The Hall–Kier alpha value is -1.94. The average molecular weight is 1580 g/mol. The van der Waals surface area contributed by atoms with E-state index in [0.717, 1.165) is 108 Å². The van der Waals surface area contributed by atoms with Crippen molar-refractivity contribution in [3.05, 3.63) is 0 Å². The Kier molecular flexibility index (Phi) is 77.5. The molecule has 6 atom stereocenters. The Labute approximate surface area is 664 Å². The van der Waals surface area contributed by atoms with Crippen LogP contribution in [0.25, 0.3) is 0 Å². The zero-order valence-corrected chi connectivity index (χ0v) is 73.1. The zero-order valence-electron chi connectivity index (χ0n) is 71.3. The molecule has 0 aromatic heterocycles. The number of ether oxygens (including phenoxy) is 4. The largest absolute Gasteiger partial charge is 0.472 e. The van der Waals surface area contributed by atoms with Crippen molar-refractivity contribution >= 4 is 39.5 Å². The van der Waals surface area contributed by atoms with Crippen LogP contribution in [0.2, 0.25) is 0 Å². The molecule has 0 rings (SSSR count). The van der Waals surface area contributed by atoms with E-state index >= 15 is 0 Å². The molecular formula is C89H174O17P2. The fourth-order valence-electron chi connectivity index (χ4n) is 13.9. The number of carbonyl (C=O) groups is 4. The van der Waals surface area contributed by atoms with Crippen molar-refractivity contribution in [1.82, 2.24) is 0 Å². The van der Waals surface area contributed by atoms with Gasteiger partial charge < -0.3 is 33.8 Å². The molecule has 0 aromatic carbocycles. The number of hydrogen-bond donors (Lipinski definition) is 3. The van der Waals surface area contributed by atoms with Gasteiger partial charge in [-0.2, -0.15) is 0 Å². The first-order valence-corrected chi connectivity index (χ1v) is 48.9. The van der Waals surface area contributed by atoms with E-state index in [2.05, 4.69) is 48.5 Å². The molecule has 3 N–H and O–H groups in total. The van der Waals surface area contributed by atoms with Gasteiger partial charge in [0.2, 0.25) is 0 Å². The summed E-state index contributed by atoms with van der Waals surface area (Å²) in [5.41, 5.74) is 0. The molecule has 0 saturated carbocycles. The van der Waals surface area contributed by atoms with Gasteiger partial charge in [-0.25, -0.2) is 9.13 Å². The van der Waals surface area contributed by atoms with Gasteiger partial charge in [0.1, 0.15) is 19.3 Å². The van der Waals surface area contributed by atoms with E-state index in [0.29, 0.717) is 25.7 Å². The predicted molar refractivity (Wildman–Crippen MR) is 446 cm³/mol. The van der Waals surface area contributed by atoms with E-state index in [9.17, 15) is 43.2 Å². The van der Waals surface area contributed by atoms with Gasteiger partial charge in [0.25, 0.3) is 0 Å². The Balaban J connectivity index is 5.24. The number of phosphoric acid groups is 2. The highest BCUT2D eigenvalue weighted by Crippen LogP contribution is 2.45. The van der Waals surface area contributed by atoms with E-state index in [-0.39, 0.29) is 25.7 Å². The number of esters is 4. The van der Waals surface area contributed by atoms with Gasteiger partial charge in [-0.05, 0) is 43.4 Å². The summed E-state index contributed by atoms with van der Waals surface area (Å²) < 4.78 is 69.0. The number of phosphoric ester groups is 2. The summed E-state index contributed by atoms with van der Waals surface area (Å²) in [6.45, 7) is 12.1. The van der Waals surface area contributed by atoms with Crippen LogP contribution in [-0.2, 0) is 65.4 Å². The molecule has 0 spiro atoms. The van der Waals surface area contributed by atoms with Crippen molar-refractivity contribution in [1.29, 1.82) is 0 Å². The van der Waals surface area contributed by atoms with E-state index in [1.54, 1.807) is 0 Å². The van der Waals surface area contributed by atoms with Gasteiger partial charge in [0, 0.05) is 25.7 Å². The second-order valence-electron chi connectivity index (χ2n) is 33.2. The molecule has 0 radical (unpaired) electrons. The first-order valence-electron chi connectivity index (χ1n) is 45.9. The normalized spacial score (nSPS) is 14.1. The van der Waals surface area contributed by atoms with Gasteiger partial charge in [-0.3, -0.25) is 37.3 Å². The Bertz CT molecular complexity index is 2080. The van der Waals surface area contributed by atoms with Crippen LogP contribution in [0.1, 0.15) is 472 Å². The molecule has 17 nitrogen and oxygen atoms in total. The third-order valence-corrected chi connectivity index (χ3v) is 23.1. The number of hydrogen-bond acceptors (Lipinski definition) is 15. The summed E-state index contributed by atoms with van der Waals surface area (Å²) in [6.07, 6.45) is 70.9. The number of unbranched alkanes of at least 4 members (excludes halogenated alkanes) is 54. The quantitative estimate of drug-likeness (QED) is 0.0222. The molecule has 0 aliphatic carbocycles. The van der Waals surface area contributed by atoms with Crippen LogP contribution in [0.5, 0.6) is 0 Å². The Morgan fingerprint density at radius 1 is 0.269 bits per heavy atom. The molecule has 3 unspecified atom stereocenters. The molecule has 0 aliphatic heterocycles. The van der Waals surface area contributed by atoms with E-state index in [1.807, 2.05) is 0 Å². The minimum absolute atomic E-state index is 0.107. The van der Waals surface area contributed by atoms with Crippen molar-refractivity contribution in [2.24, 2.45) is 17.8 Å². The van der Waals surface area contributed by atoms with Crippen molar-refractivity contribution in [2.45, 2.75) is 491 Å². The van der Waals surface area contributed by atoms with Crippen LogP contribution in [-0.4, -0.2) is 96.7 Å². The third-order valence-electron chi connectivity index (χ3n) is 21.2. The summed E-state index contributed by atoms with van der Waals surface area (Å²) in [5.74, 6) is 0.291.